The van der Waals surface area contributed by atoms with Crippen molar-refractivity contribution in [2.45, 2.75) is 82.8 Å². The predicted octanol–water partition coefficient (Wildman–Crippen LogP) is 3.81. The van der Waals surface area contributed by atoms with Crippen molar-refractivity contribution >= 4 is 5.96 Å². The number of nitrogens with zero attached hydrogens (tertiary/aromatic N) is 2. The van der Waals surface area contributed by atoms with Crippen molar-refractivity contribution in [3.05, 3.63) is 35.4 Å². The Kier molecular flexibility index (Phi) is 6.01. The molecular formula is C23H36N4. The van der Waals surface area contributed by atoms with E-state index in [1.54, 1.807) is 0 Å². The maximum atomic E-state index is 4.73. The lowest BCUT2D eigenvalue weighted by atomic mass is 10.0. The fourth-order valence-electron chi connectivity index (χ4n) is 5.04. The van der Waals surface area contributed by atoms with Crippen molar-refractivity contribution in [1.29, 1.82) is 0 Å². The van der Waals surface area contributed by atoms with Crippen LogP contribution < -0.4 is 10.6 Å². The molecule has 1 aromatic rings. The van der Waals surface area contributed by atoms with E-state index >= 15 is 0 Å². The largest absolute Gasteiger partial charge is 0.354 e. The van der Waals surface area contributed by atoms with Crippen LogP contribution in [0.3, 0.4) is 0 Å². The van der Waals surface area contributed by atoms with E-state index in [4.69, 9.17) is 4.99 Å². The summed E-state index contributed by atoms with van der Waals surface area (Å²) in [6.45, 7) is 7.67. The highest BCUT2D eigenvalue weighted by molar-refractivity contribution is 5.81. The van der Waals surface area contributed by atoms with Gasteiger partial charge in [-0.15, -0.1) is 0 Å². The summed E-state index contributed by atoms with van der Waals surface area (Å²) in [5.41, 5.74) is 2.91. The van der Waals surface area contributed by atoms with E-state index in [-0.39, 0.29) is 0 Å². The summed E-state index contributed by atoms with van der Waals surface area (Å²) in [6.07, 6.45) is 9.41. The van der Waals surface area contributed by atoms with Crippen LogP contribution in [0.4, 0.5) is 0 Å². The highest BCUT2D eigenvalue weighted by Crippen LogP contribution is 2.42. The molecule has 1 heterocycles. The Balaban J connectivity index is 1.27. The smallest absolute Gasteiger partial charge is 0.191 e. The Morgan fingerprint density at radius 2 is 1.81 bits per heavy atom. The minimum Gasteiger partial charge on any atom is -0.354 e. The maximum absolute atomic E-state index is 4.73. The average molecular weight is 369 g/mol. The molecule has 1 aromatic carbocycles. The SMILES string of the molecule is CCN=C(NC1CCN(C2CCCC2)CC1)NC1CC1c1ccccc1C. The number of aliphatic imine (C=N–C) groups is 1. The number of hydrogen-bond donors (Lipinski definition) is 2. The number of likely N-dealkylation sites (tertiary alicyclic amines) is 1. The van der Waals surface area contributed by atoms with Gasteiger partial charge < -0.3 is 15.5 Å². The van der Waals surface area contributed by atoms with Gasteiger partial charge in [-0.25, -0.2) is 0 Å². The minimum absolute atomic E-state index is 0.530. The van der Waals surface area contributed by atoms with E-state index in [2.05, 4.69) is 53.6 Å². The van der Waals surface area contributed by atoms with Gasteiger partial charge in [0.15, 0.2) is 5.96 Å². The van der Waals surface area contributed by atoms with E-state index in [1.165, 1.54) is 69.2 Å². The fraction of sp³-hybridized carbons (Fsp3) is 0.696. The van der Waals surface area contributed by atoms with Gasteiger partial charge in [0.2, 0.25) is 0 Å². The highest BCUT2D eigenvalue weighted by Gasteiger charge is 2.40. The predicted molar refractivity (Wildman–Crippen MR) is 113 cm³/mol. The topological polar surface area (TPSA) is 39.7 Å². The lowest BCUT2D eigenvalue weighted by molar-refractivity contribution is 0.150. The van der Waals surface area contributed by atoms with Crippen molar-refractivity contribution in [3.63, 3.8) is 0 Å². The number of nitrogens with one attached hydrogen (secondary N) is 2. The third-order valence-electron chi connectivity index (χ3n) is 6.73. The van der Waals surface area contributed by atoms with Crippen molar-refractivity contribution in [1.82, 2.24) is 15.5 Å². The second kappa shape index (κ2) is 8.64. The van der Waals surface area contributed by atoms with Crippen LogP contribution in [0.15, 0.2) is 29.3 Å². The minimum atomic E-state index is 0.530. The van der Waals surface area contributed by atoms with E-state index < -0.39 is 0 Å². The zero-order valence-corrected chi connectivity index (χ0v) is 17.1. The molecule has 27 heavy (non-hydrogen) atoms. The molecule has 0 spiro atoms. The van der Waals surface area contributed by atoms with E-state index in [0.717, 1.165) is 18.5 Å². The van der Waals surface area contributed by atoms with Gasteiger partial charge in [0.1, 0.15) is 0 Å². The molecule has 4 nitrogen and oxygen atoms in total. The first-order valence-corrected chi connectivity index (χ1v) is 11.1. The van der Waals surface area contributed by atoms with Crippen LogP contribution in [-0.4, -0.2) is 48.6 Å². The fourth-order valence-corrected chi connectivity index (χ4v) is 5.04. The van der Waals surface area contributed by atoms with E-state index in [1.807, 2.05) is 0 Å². The lowest BCUT2D eigenvalue weighted by Gasteiger charge is -2.36. The van der Waals surface area contributed by atoms with Gasteiger partial charge in [-0.1, -0.05) is 37.1 Å². The third-order valence-corrected chi connectivity index (χ3v) is 6.73. The van der Waals surface area contributed by atoms with Gasteiger partial charge in [-0.05, 0) is 57.1 Å². The molecule has 148 valence electrons. The van der Waals surface area contributed by atoms with Gasteiger partial charge in [-0.3, -0.25) is 4.99 Å². The summed E-state index contributed by atoms with van der Waals surface area (Å²) < 4.78 is 0. The molecule has 3 fully saturated rings. The summed E-state index contributed by atoms with van der Waals surface area (Å²) in [7, 11) is 0. The van der Waals surface area contributed by atoms with Crippen molar-refractivity contribution in [2.75, 3.05) is 19.6 Å². The van der Waals surface area contributed by atoms with Crippen LogP contribution in [-0.2, 0) is 0 Å². The number of rotatable bonds is 5. The molecule has 1 saturated heterocycles. The van der Waals surface area contributed by atoms with E-state index in [9.17, 15) is 0 Å². The first kappa shape index (κ1) is 18.8. The maximum Gasteiger partial charge on any atom is 0.191 e. The zero-order chi connectivity index (χ0) is 18.6. The zero-order valence-electron chi connectivity index (χ0n) is 17.1. The molecule has 2 N–H and O–H groups in total. The van der Waals surface area contributed by atoms with Crippen molar-refractivity contribution in [3.8, 4) is 0 Å². The number of aryl methyl sites for hydroxylation is 1. The molecule has 2 saturated carbocycles. The first-order valence-electron chi connectivity index (χ1n) is 11.1. The van der Waals surface area contributed by atoms with Gasteiger partial charge in [0.25, 0.3) is 0 Å². The third kappa shape index (κ3) is 4.66. The summed E-state index contributed by atoms with van der Waals surface area (Å²) in [4.78, 5) is 7.47. The monoisotopic (exact) mass is 368 g/mol. The molecule has 0 radical (unpaired) electrons. The van der Waals surface area contributed by atoms with E-state index in [0.29, 0.717) is 18.0 Å². The molecule has 4 heteroatoms. The average Bonchev–Trinajstić information content (AvgIpc) is 3.21. The number of piperidine rings is 1. The number of hydrogen-bond acceptors (Lipinski definition) is 2. The highest BCUT2D eigenvalue weighted by atomic mass is 15.2. The van der Waals surface area contributed by atoms with Crippen LogP contribution >= 0.6 is 0 Å². The quantitative estimate of drug-likeness (QED) is 0.613. The first-order chi connectivity index (χ1) is 13.2. The molecule has 0 amide bonds. The lowest BCUT2D eigenvalue weighted by Crippen LogP contribution is -2.50. The van der Waals surface area contributed by atoms with Crippen LogP contribution in [0.1, 0.15) is 68.9 Å². The van der Waals surface area contributed by atoms with Gasteiger partial charge in [0.05, 0.1) is 0 Å². The van der Waals surface area contributed by atoms with Crippen LogP contribution in [0.2, 0.25) is 0 Å². The Labute approximate surface area is 164 Å². The molecule has 2 aliphatic carbocycles. The summed E-state index contributed by atoms with van der Waals surface area (Å²) >= 11 is 0. The Bertz CT molecular complexity index is 642. The van der Waals surface area contributed by atoms with Crippen LogP contribution in [0.5, 0.6) is 0 Å². The number of benzene rings is 1. The van der Waals surface area contributed by atoms with Crippen molar-refractivity contribution < 1.29 is 0 Å². The normalized spacial score (nSPS) is 27.7. The molecule has 0 bridgehead atoms. The van der Waals surface area contributed by atoms with Crippen molar-refractivity contribution in [2.24, 2.45) is 4.99 Å². The molecule has 0 aromatic heterocycles. The summed E-state index contributed by atoms with van der Waals surface area (Å²) in [5.74, 6) is 1.66. The van der Waals surface area contributed by atoms with Gasteiger partial charge >= 0.3 is 0 Å². The standard InChI is InChI=1S/C23H36N4/c1-3-24-23(26-22-16-21(22)20-11-7-4-8-17(20)2)25-18-12-14-27(15-13-18)19-9-5-6-10-19/h4,7-8,11,18-19,21-22H,3,5-6,9-10,12-16H2,1-2H3,(H2,24,25,26). The second-order valence-electron chi connectivity index (χ2n) is 8.67. The second-order valence-corrected chi connectivity index (χ2v) is 8.67. The molecule has 2 unspecified atom stereocenters. The molecule has 4 rings (SSSR count). The van der Waals surface area contributed by atoms with Gasteiger partial charge in [0, 0.05) is 43.7 Å². The van der Waals surface area contributed by atoms with Crippen LogP contribution in [0.25, 0.3) is 0 Å². The van der Waals surface area contributed by atoms with Crippen LogP contribution in [0, 0.1) is 6.92 Å². The summed E-state index contributed by atoms with van der Waals surface area (Å²) in [6, 6.07) is 10.8. The Morgan fingerprint density at radius 1 is 1.07 bits per heavy atom. The Morgan fingerprint density at radius 3 is 2.52 bits per heavy atom. The molecule has 2 atom stereocenters. The van der Waals surface area contributed by atoms with Gasteiger partial charge in [-0.2, -0.15) is 0 Å². The Hall–Kier alpha value is -1.55. The molecule has 1 aliphatic heterocycles. The summed E-state index contributed by atoms with van der Waals surface area (Å²) in [5, 5.41) is 7.44. The number of guanidine groups is 1. The molecule has 3 aliphatic rings. The molecular weight excluding hydrogens is 332 g/mol.